The molecule has 7 nitrogen and oxygen atoms in total. The molecule has 2 aliphatic heterocycles. The number of hydrogen-bond acceptors (Lipinski definition) is 6. The topological polar surface area (TPSA) is 79.3 Å². The van der Waals surface area contributed by atoms with E-state index in [2.05, 4.69) is 4.90 Å². The van der Waals surface area contributed by atoms with E-state index >= 15 is 0 Å². The van der Waals surface area contributed by atoms with E-state index in [1.165, 1.54) is 17.0 Å². The van der Waals surface area contributed by atoms with E-state index in [-0.39, 0.29) is 17.4 Å². The summed E-state index contributed by atoms with van der Waals surface area (Å²) >= 11 is 0. The van der Waals surface area contributed by atoms with E-state index in [9.17, 15) is 19.1 Å². The number of aliphatic hydroxyl groups is 1. The highest BCUT2D eigenvalue weighted by Crippen LogP contribution is 2.40. The Morgan fingerprint density at radius 1 is 1.11 bits per heavy atom. The summed E-state index contributed by atoms with van der Waals surface area (Å²) in [4.78, 5) is 30.1. The molecule has 2 saturated heterocycles. The van der Waals surface area contributed by atoms with Crippen LogP contribution in [0.15, 0.2) is 48.0 Å². The average Bonchev–Trinajstić information content (AvgIpc) is 3.11. The SMILES string of the molecule is Cc1cc(/C(O)=C2\C(=O)C(=O)N(CCCN3CCOCC3)C2c2ccc(F)cc2)ccc1OC(C)C. The van der Waals surface area contributed by atoms with Crippen molar-refractivity contribution in [2.24, 2.45) is 0 Å². The maximum Gasteiger partial charge on any atom is 0.295 e. The van der Waals surface area contributed by atoms with Gasteiger partial charge in [-0.2, -0.15) is 0 Å². The van der Waals surface area contributed by atoms with Crippen LogP contribution in [0.1, 0.15) is 43.0 Å². The van der Waals surface area contributed by atoms with Gasteiger partial charge in [0.2, 0.25) is 0 Å². The van der Waals surface area contributed by atoms with Gasteiger partial charge in [0, 0.05) is 31.7 Å². The summed E-state index contributed by atoms with van der Waals surface area (Å²) in [5.41, 5.74) is 1.79. The second kappa shape index (κ2) is 11.2. The van der Waals surface area contributed by atoms with Crippen LogP contribution in [-0.4, -0.2) is 72.1 Å². The molecule has 0 bridgehead atoms. The fraction of sp³-hybridized carbons (Fsp3) is 0.429. The Morgan fingerprint density at radius 2 is 1.81 bits per heavy atom. The number of rotatable bonds is 8. The van der Waals surface area contributed by atoms with E-state index in [4.69, 9.17) is 9.47 Å². The quantitative estimate of drug-likeness (QED) is 0.337. The molecule has 2 heterocycles. The summed E-state index contributed by atoms with van der Waals surface area (Å²) in [5.74, 6) is -1.39. The van der Waals surface area contributed by atoms with Crippen molar-refractivity contribution < 1.29 is 28.6 Å². The third kappa shape index (κ3) is 5.60. The number of carbonyl (C=O) groups excluding carboxylic acids is 2. The maximum absolute atomic E-state index is 13.7. The molecule has 2 aromatic carbocycles. The molecule has 1 atom stereocenters. The molecule has 36 heavy (non-hydrogen) atoms. The van der Waals surface area contributed by atoms with Crippen LogP contribution >= 0.6 is 0 Å². The van der Waals surface area contributed by atoms with Crippen molar-refractivity contribution in [3.05, 3.63) is 70.5 Å². The second-order valence-corrected chi connectivity index (χ2v) is 9.50. The fourth-order valence-corrected chi connectivity index (χ4v) is 4.73. The van der Waals surface area contributed by atoms with Crippen LogP contribution in [-0.2, 0) is 14.3 Å². The molecule has 2 aromatic rings. The average molecular weight is 497 g/mol. The zero-order valence-electron chi connectivity index (χ0n) is 21.0. The van der Waals surface area contributed by atoms with Gasteiger partial charge in [0.1, 0.15) is 17.3 Å². The number of morpholine rings is 1. The zero-order valence-corrected chi connectivity index (χ0v) is 21.0. The fourth-order valence-electron chi connectivity index (χ4n) is 4.73. The molecular weight excluding hydrogens is 463 g/mol. The summed E-state index contributed by atoms with van der Waals surface area (Å²) in [6.07, 6.45) is 0.648. The van der Waals surface area contributed by atoms with Gasteiger partial charge in [-0.1, -0.05) is 12.1 Å². The molecule has 0 aromatic heterocycles. The molecule has 2 aliphatic rings. The van der Waals surface area contributed by atoms with E-state index < -0.39 is 23.5 Å². The number of ketones is 1. The normalized spacial score (nSPS) is 20.4. The predicted octanol–water partition coefficient (Wildman–Crippen LogP) is 4.07. The Labute approximate surface area is 211 Å². The van der Waals surface area contributed by atoms with Gasteiger partial charge < -0.3 is 19.5 Å². The lowest BCUT2D eigenvalue weighted by atomic mass is 9.94. The zero-order chi connectivity index (χ0) is 25.8. The highest BCUT2D eigenvalue weighted by molar-refractivity contribution is 6.46. The lowest BCUT2D eigenvalue weighted by Gasteiger charge is -2.29. The number of halogens is 1. The summed E-state index contributed by atoms with van der Waals surface area (Å²) in [5, 5.41) is 11.3. The molecule has 0 aliphatic carbocycles. The van der Waals surface area contributed by atoms with E-state index in [0.29, 0.717) is 43.1 Å². The number of likely N-dealkylation sites (tertiary alicyclic amines) is 1. The molecule has 192 valence electrons. The van der Waals surface area contributed by atoms with Gasteiger partial charge in [0.05, 0.1) is 30.9 Å². The van der Waals surface area contributed by atoms with E-state index in [1.807, 2.05) is 20.8 Å². The number of Topliss-reactive ketones (excluding diaryl/α,β-unsaturated/α-hetero) is 1. The van der Waals surface area contributed by atoms with Crippen molar-refractivity contribution in [2.75, 3.05) is 39.4 Å². The van der Waals surface area contributed by atoms with Crippen LogP contribution in [0.3, 0.4) is 0 Å². The van der Waals surface area contributed by atoms with Gasteiger partial charge in [0.25, 0.3) is 11.7 Å². The third-order valence-corrected chi connectivity index (χ3v) is 6.51. The monoisotopic (exact) mass is 496 g/mol. The van der Waals surface area contributed by atoms with Gasteiger partial charge in [-0.15, -0.1) is 0 Å². The van der Waals surface area contributed by atoms with Gasteiger partial charge in [0.15, 0.2) is 0 Å². The Hall–Kier alpha value is -3.23. The van der Waals surface area contributed by atoms with Crippen molar-refractivity contribution in [3.8, 4) is 5.75 Å². The number of ether oxygens (including phenoxy) is 2. The minimum absolute atomic E-state index is 0.00917. The van der Waals surface area contributed by atoms with E-state index in [0.717, 1.165) is 25.2 Å². The van der Waals surface area contributed by atoms with Crippen molar-refractivity contribution in [3.63, 3.8) is 0 Å². The molecule has 8 heteroatoms. The smallest absolute Gasteiger partial charge is 0.295 e. The van der Waals surface area contributed by atoms with Crippen molar-refractivity contribution in [2.45, 2.75) is 39.3 Å². The Kier molecular flexibility index (Phi) is 8.06. The lowest BCUT2D eigenvalue weighted by molar-refractivity contribution is -0.140. The first kappa shape index (κ1) is 25.9. The predicted molar refractivity (Wildman–Crippen MR) is 134 cm³/mol. The minimum atomic E-state index is -0.804. The Balaban J connectivity index is 1.67. The van der Waals surface area contributed by atoms with Crippen LogP contribution in [0, 0.1) is 12.7 Å². The van der Waals surface area contributed by atoms with Crippen LogP contribution in [0.25, 0.3) is 5.76 Å². The van der Waals surface area contributed by atoms with Gasteiger partial charge in [-0.05, 0) is 68.7 Å². The number of benzene rings is 2. The number of nitrogens with zero attached hydrogens (tertiary/aromatic N) is 2. The van der Waals surface area contributed by atoms with Crippen molar-refractivity contribution in [1.82, 2.24) is 9.80 Å². The van der Waals surface area contributed by atoms with Crippen LogP contribution < -0.4 is 4.74 Å². The molecule has 0 radical (unpaired) electrons. The molecule has 1 unspecified atom stereocenters. The van der Waals surface area contributed by atoms with Crippen LogP contribution in [0.2, 0.25) is 0 Å². The van der Waals surface area contributed by atoms with Gasteiger partial charge in [-0.3, -0.25) is 14.5 Å². The van der Waals surface area contributed by atoms with Crippen molar-refractivity contribution >= 4 is 17.4 Å². The van der Waals surface area contributed by atoms with Crippen molar-refractivity contribution in [1.29, 1.82) is 0 Å². The maximum atomic E-state index is 13.7. The first-order chi connectivity index (χ1) is 17.3. The lowest BCUT2D eigenvalue weighted by Crippen LogP contribution is -2.38. The molecule has 1 amide bonds. The molecule has 1 N–H and O–H groups in total. The van der Waals surface area contributed by atoms with Crippen LogP contribution in [0.4, 0.5) is 4.39 Å². The molecule has 2 fully saturated rings. The summed E-state index contributed by atoms with van der Waals surface area (Å²) in [6.45, 7) is 9.83. The second-order valence-electron chi connectivity index (χ2n) is 9.50. The largest absolute Gasteiger partial charge is 0.507 e. The first-order valence-electron chi connectivity index (χ1n) is 12.4. The minimum Gasteiger partial charge on any atom is -0.507 e. The molecule has 4 rings (SSSR count). The number of amides is 1. The first-order valence-corrected chi connectivity index (χ1v) is 12.4. The summed E-state index contributed by atoms with van der Waals surface area (Å²) in [6, 6.07) is 10.1. The number of aryl methyl sites for hydroxylation is 1. The highest BCUT2D eigenvalue weighted by atomic mass is 19.1. The summed E-state index contributed by atoms with van der Waals surface area (Å²) in [7, 11) is 0. The number of aliphatic hydroxyl groups excluding tert-OH is 1. The Morgan fingerprint density at radius 3 is 2.44 bits per heavy atom. The third-order valence-electron chi connectivity index (χ3n) is 6.51. The molecular formula is C28H33FN2O5. The molecule has 0 spiro atoms. The summed E-state index contributed by atoms with van der Waals surface area (Å²) < 4.78 is 24.9. The highest BCUT2D eigenvalue weighted by Gasteiger charge is 2.45. The Bertz CT molecular complexity index is 1140. The molecule has 0 saturated carbocycles. The van der Waals surface area contributed by atoms with Crippen LogP contribution in [0.5, 0.6) is 5.75 Å². The van der Waals surface area contributed by atoms with Gasteiger partial charge >= 0.3 is 0 Å². The van der Waals surface area contributed by atoms with Gasteiger partial charge in [-0.25, -0.2) is 4.39 Å². The van der Waals surface area contributed by atoms with E-state index in [1.54, 1.807) is 30.3 Å². The standard InChI is InChI=1S/C28H33FN2O5/c1-18(2)36-23-10-7-21(17-19(23)3)26(32)24-25(20-5-8-22(29)9-6-20)31(28(34)27(24)33)12-4-11-30-13-15-35-16-14-30/h5-10,17-18,25,32H,4,11-16H2,1-3H3/b26-24+. The number of hydrogen-bond donors (Lipinski definition) is 1. The number of carbonyl (C=O) groups is 2.